The second-order valence-corrected chi connectivity index (χ2v) is 9.07. The van der Waals surface area contributed by atoms with E-state index in [1.54, 1.807) is 30.1 Å². The predicted octanol–water partition coefficient (Wildman–Crippen LogP) is 3.28. The minimum absolute atomic E-state index is 0.0175. The van der Waals surface area contributed by atoms with E-state index in [9.17, 15) is 13.2 Å². The highest BCUT2D eigenvalue weighted by Crippen LogP contribution is 2.37. The van der Waals surface area contributed by atoms with Gasteiger partial charge in [-0.1, -0.05) is 42.5 Å². The summed E-state index contributed by atoms with van der Waals surface area (Å²) in [5.74, 6) is 0.0387. The molecule has 0 spiro atoms. The van der Waals surface area contributed by atoms with Crippen LogP contribution >= 0.6 is 0 Å². The van der Waals surface area contributed by atoms with Crippen LogP contribution in [0.5, 0.6) is 0 Å². The van der Waals surface area contributed by atoms with E-state index >= 15 is 0 Å². The van der Waals surface area contributed by atoms with Gasteiger partial charge in [0.05, 0.1) is 6.54 Å². The zero-order valence-electron chi connectivity index (χ0n) is 16.3. The molecule has 3 aromatic carbocycles. The second-order valence-electron chi connectivity index (χ2n) is 7.50. The van der Waals surface area contributed by atoms with Crippen molar-refractivity contribution in [3.05, 3.63) is 83.4 Å². The molecule has 0 saturated heterocycles. The van der Waals surface area contributed by atoms with E-state index in [1.165, 1.54) is 22.8 Å². The molecule has 0 unspecified atom stereocenters. The van der Waals surface area contributed by atoms with Gasteiger partial charge in [0.15, 0.2) is 5.84 Å². The fourth-order valence-corrected chi connectivity index (χ4v) is 5.31. The minimum atomic E-state index is -3.72. The first-order valence-corrected chi connectivity index (χ1v) is 11.0. The number of fused-ring (bicyclic) bond motifs is 4. The van der Waals surface area contributed by atoms with E-state index in [1.807, 2.05) is 30.3 Å². The third kappa shape index (κ3) is 3.07. The van der Waals surface area contributed by atoms with Gasteiger partial charge < -0.3 is 10.2 Å². The molecule has 0 aromatic heterocycles. The van der Waals surface area contributed by atoms with Crippen molar-refractivity contribution >= 4 is 27.5 Å². The largest absolute Gasteiger partial charge is 0.349 e. The van der Waals surface area contributed by atoms with Crippen LogP contribution in [0.15, 0.2) is 76.0 Å². The first kappa shape index (κ1) is 18.6. The zero-order chi connectivity index (χ0) is 20.9. The molecule has 30 heavy (non-hydrogen) atoms. The minimum Gasteiger partial charge on any atom is -0.349 e. The summed E-state index contributed by atoms with van der Waals surface area (Å²) >= 11 is 0. The van der Waals surface area contributed by atoms with E-state index in [2.05, 4.69) is 21.8 Å². The number of amidine groups is 1. The molecular formula is C23H19N3O3S. The molecule has 3 aromatic rings. The lowest BCUT2D eigenvalue weighted by molar-refractivity contribution is -0.116. The third-order valence-electron chi connectivity index (χ3n) is 5.44. The first-order chi connectivity index (χ1) is 14.4. The number of sulfonamides is 1. The van der Waals surface area contributed by atoms with Gasteiger partial charge in [-0.15, -0.1) is 4.40 Å². The molecule has 0 radical (unpaired) electrons. The fraction of sp³-hybridized carbons (Fsp3) is 0.130. The SMILES string of the molecule is CN(CC(=O)Nc1ccc2c(c1)-c1ccccc1C2)C1=NS(=O)(=O)c2ccccc21. The molecule has 5 rings (SSSR count). The van der Waals surface area contributed by atoms with Crippen molar-refractivity contribution in [3.63, 3.8) is 0 Å². The van der Waals surface area contributed by atoms with Crippen LogP contribution in [0.25, 0.3) is 11.1 Å². The van der Waals surface area contributed by atoms with Crippen molar-refractivity contribution in [2.24, 2.45) is 4.40 Å². The van der Waals surface area contributed by atoms with Gasteiger partial charge in [0.25, 0.3) is 10.0 Å². The summed E-state index contributed by atoms with van der Waals surface area (Å²) in [6.45, 7) is -0.0175. The highest BCUT2D eigenvalue weighted by molar-refractivity contribution is 7.90. The number of nitrogens with one attached hydrogen (secondary N) is 1. The second kappa shape index (κ2) is 6.81. The molecule has 1 amide bonds. The molecule has 150 valence electrons. The quantitative estimate of drug-likeness (QED) is 0.555. The van der Waals surface area contributed by atoms with Crippen molar-refractivity contribution in [1.82, 2.24) is 4.90 Å². The number of anilines is 1. The Labute approximate surface area is 174 Å². The average Bonchev–Trinajstić information content (AvgIpc) is 3.23. The van der Waals surface area contributed by atoms with Crippen LogP contribution in [0, 0.1) is 0 Å². The van der Waals surface area contributed by atoms with E-state index in [0.29, 0.717) is 11.3 Å². The highest BCUT2D eigenvalue weighted by Gasteiger charge is 2.31. The maximum absolute atomic E-state index is 12.6. The standard InChI is InChI=1S/C23H19N3O3S/c1-26(23-19-8-4-5-9-21(19)30(28,29)25-23)14-22(27)24-17-11-10-16-12-15-6-2-3-7-18(15)20(16)13-17/h2-11,13H,12,14H2,1H3,(H,24,27). The Morgan fingerprint density at radius 3 is 2.50 bits per heavy atom. The number of benzene rings is 3. The Bertz CT molecular complexity index is 1330. The lowest BCUT2D eigenvalue weighted by atomic mass is 10.1. The Balaban J connectivity index is 1.34. The summed E-state index contributed by atoms with van der Waals surface area (Å²) < 4.78 is 28.3. The zero-order valence-corrected chi connectivity index (χ0v) is 17.1. The maximum atomic E-state index is 12.6. The lowest BCUT2D eigenvalue weighted by Gasteiger charge is -2.18. The summed E-state index contributed by atoms with van der Waals surface area (Å²) in [5.41, 5.74) is 6.09. The summed E-state index contributed by atoms with van der Waals surface area (Å²) in [6, 6.07) is 20.8. The van der Waals surface area contributed by atoms with Crippen LogP contribution in [-0.2, 0) is 21.2 Å². The smallest absolute Gasteiger partial charge is 0.285 e. The van der Waals surface area contributed by atoms with E-state index in [-0.39, 0.29) is 23.2 Å². The summed E-state index contributed by atoms with van der Waals surface area (Å²) in [4.78, 5) is 14.4. The van der Waals surface area contributed by atoms with E-state index < -0.39 is 10.0 Å². The van der Waals surface area contributed by atoms with Crippen LogP contribution in [0.2, 0.25) is 0 Å². The van der Waals surface area contributed by atoms with Gasteiger partial charge >= 0.3 is 0 Å². The molecule has 0 saturated carbocycles. The van der Waals surface area contributed by atoms with Crippen LogP contribution in [0.1, 0.15) is 16.7 Å². The molecule has 1 aliphatic carbocycles. The molecular weight excluding hydrogens is 398 g/mol. The molecule has 1 aliphatic heterocycles. The topological polar surface area (TPSA) is 78.8 Å². The Morgan fingerprint density at radius 1 is 0.967 bits per heavy atom. The first-order valence-electron chi connectivity index (χ1n) is 9.59. The molecule has 0 atom stereocenters. The summed E-state index contributed by atoms with van der Waals surface area (Å²) in [6.07, 6.45) is 0.899. The van der Waals surface area contributed by atoms with Gasteiger partial charge in [0.1, 0.15) is 4.90 Å². The monoisotopic (exact) mass is 417 g/mol. The Morgan fingerprint density at radius 2 is 1.67 bits per heavy atom. The van der Waals surface area contributed by atoms with Crippen molar-refractivity contribution in [2.75, 3.05) is 18.9 Å². The normalized spacial score (nSPS) is 15.0. The Hall–Kier alpha value is -3.45. The number of hydrogen-bond donors (Lipinski definition) is 1. The van der Waals surface area contributed by atoms with Gasteiger partial charge in [-0.2, -0.15) is 8.42 Å². The van der Waals surface area contributed by atoms with Gasteiger partial charge in [-0.3, -0.25) is 4.79 Å². The molecule has 2 aliphatic rings. The van der Waals surface area contributed by atoms with Crippen molar-refractivity contribution < 1.29 is 13.2 Å². The number of hydrogen-bond acceptors (Lipinski definition) is 4. The average molecular weight is 417 g/mol. The fourth-order valence-electron chi connectivity index (χ4n) is 4.06. The molecule has 1 heterocycles. The Kier molecular flexibility index (Phi) is 4.22. The number of likely N-dealkylation sites (N-methyl/N-ethyl adjacent to an activating group) is 1. The molecule has 0 bridgehead atoms. The van der Waals surface area contributed by atoms with Crippen LogP contribution in [-0.4, -0.2) is 38.7 Å². The van der Waals surface area contributed by atoms with Gasteiger partial charge in [0, 0.05) is 18.3 Å². The van der Waals surface area contributed by atoms with Crippen molar-refractivity contribution in [3.8, 4) is 11.1 Å². The lowest BCUT2D eigenvalue weighted by Crippen LogP contribution is -2.34. The van der Waals surface area contributed by atoms with Crippen LogP contribution < -0.4 is 5.32 Å². The van der Waals surface area contributed by atoms with Crippen LogP contribution in [0.4, 0.5) is 5.69 Å². The predicted molar refractivity (Wildman–Crippen MR) is 116 cm³/mol. The molecule has 7 heteroatoms. The van der Waals surface area contributed by atoms with E-state index in [0.717, 1.165) is 12.0 Å². The maximum Gasteiger partial charge on any atom is 0.285 e. The molecule has 6 nitrogen and oxygen atoms in total. The molecule has 0 fully saturated rings. The summed E-state index contributed by atoms with van der Waals surface area (Å²) in [5, 5.41) is 2.92. The number of nitrogens with zero attached hydrogens (tertiary/aromatic N) is 2. The van der Waals surface area contributed by atoms with E-state index in [4.69, 9.17) is 0 Å². The van der Waals surface area contributed by atoms with Gasteiger partial charge in [-0.05, 0) is 52.9 Å². The number of amides is 1. The number of rotatable bonds is 3. The number of carbonyl (C=O) groups excluding carboxylic acids is 1. The van der Waals surface area contributed by atoms with Gasteiger partial charge in [-0.25, -0.2) is 0 Å². The van der Waals surface area contributed by atoms with Crippen molar-refractivity contribution in [1.29, 1.82) is 0 Å². The molecule has 1 N–H and O–H groups in total. The number of carbonyl (C=O) groups is 1. The summed E-state index contributed by atoms with van der Waals surface area (Å²) in [7, 11) is -2.05. The third-order valence-corrected chi connectivity index (χ3v) is 6.76. The van der Waals surface area contributed by atoms with Crippen molar-refractivity contribution in [2.45, 2.75) is 11.3 Å². The van der Waals surface area contributed by atoms with Gasteiger partial charge in [0.2, 0.25) is 5.91 Å². The van der Waals surface area contributed by atoms with Crippen LogP contribution in [0.3, 0.4) is 0 Å². The highest BCUT2D eigenvalue weighted by atomic mass is 32.2.